The van der Waals surface area contributed by atoms with Crippen molar-refractivity contribution >= 4 is 53.1 Å². The standard InChI is InChI=1S/C19H23N5O2S.HI/c1-4-20-19(22-11-16-12(2)23-13(3)27-16)21-9-10-24-17(25)14-7-5-6-8-15(14)18(24)26;/h5-8H,4,9-11H2,1-3H3,(H2,20,21,22);1H. The predicted molar refractivity (Wildman–Crippen MR) is 122 cm³/mol. The maximum absolute atomic E-state index is 12.4. The number of imide groups is 1. The highest BCUT2D eigenvalue weighted by molar-refractivity contribution is 14.0. The van der Waals surface area contributed by atoms with Gasteiger partial charge in [0.15, 0.2) is 5.96 Å². The average molecular weight is 513 g/mol. The molecule has 2 amide bonds. The van der Waals surface area contributed by atoms with Crippen molar-refractivity contribution in [2.75, 3.05) is 19.6 Å². The quantitative estimate of drug-likeness (QED) is 0.269. The molecular weight excluding hydrogens is 489 g/mol. The fourth-order valence-electron chi connectivity index (χ4n) is 2.94. The Hall–Kier alpha value is -2.01. The lowest BCUT2D eigenvalue weighted by molar-refractivity contribution is 0.0657. The van der Waals surface area contributed by atoms with E-state index in [1.165, 1.54) is 4.90 Å². The monoisotopic (exact) mass is 513 g/mol. The van der Waals surface area contributed by atoms with E-state index in [0.717, 1.165) is 22.1 Å². The van der Waals surface area contributed by atoms with Crippen LogP contribution in [0.15, 0.2) is 29.3 Å². The SMILES string of the molecule is CCNC(=NCc1sc(C)nc1C)NCCN1C(=O)c2ccccc2C1=O.I. The number of aromatic nitrogens is 1. The Morgan fingerprint density at radius 2 is 1.79 bits per heavy atom. The average Bonchev–Trinajstić information content (AvgIpc) is 3.10. The number of aliphatic imine (C=N–C) groups is 1. The maximum atomic E-state index is 12.4. The summed E-state index contributed by atoms with van der Waals surface area (Å²) in [6.45, 7) is 7.93. The first-order valence-electron chi connectivity index (χ1n) is 8.91. The van der Waals surface area contributed by atoms with E-state index >= 15 is 0 Å². The summed E-state index contributed by atoms with van der Waals surface area (Å²) in [6, 6.07) is 6.91. The lowest BCUT2D eigenvalue weighted by Gasteiger charge is -2.16. The third kappa shape index (κ3) is 4.88. The van der Waals surface area contributed by atoms with E-state index in [-0.39, 0.29) is 42.3 Å². The maximum Gasteiger partial charge on any atom is 0.261 e. The van der Waals surface area contributed by atoms with Crippen LogP contribution in [0, 0.1) is 13.8 Å². The number of hydrogen-bond donors (Lipinski definition) is 2. The van der Waals surface area contributed by atoms with Crippen LogP contribution in [0.3, 0.4) is 0 Å². The summed E-state index contributed by atoms with van der Waals surface area (Å²) < 4.78 is 0. The molecule has 7 nitrogen and oxygen atoms in total. The molecule has 2 N–H and O–H groups in total. The summed E-state index contributed by atoms with van der Waals surface area (Å²) in [5.74, 6) is 0.171. The normalized spacial score (nSPS) is 13.4. The van der Waals surface area contributed by atoms with E-state index in [9.17, 15) is 9.59 Å². The Morgan fingerprint density at radius 3 is 2.32 bits per heavy atom. The number of hydrogen-bond acceptors (Lipinski definition) is 5. The van der Waals surface area contributed by atoms with Crippen LogP contribution in [0.5, 0.6) is 0 Å². The van der Waals surface area contributed by atoms with Gasteiger partial charge < -0.3 is 10.6 Å². The number of nitrogens with one attached hydrogen (secondary N) is 2. The van der Waals surface area contributed by atoms with E-state index < -0.39 is 0 Å². The number of halogens is 1. The van der Waals surface area contributed by atoms with Crippen molar-refractivity contribution in [2.45, 2.75) is 27.3 Å². The van der Waals surface area contributed by atoms with Gasteiger partial charge in [-0.1, -0.05) is 12.1 Å². The Morgan fingerprint density at radius 1 is 1.14 bits per heavy atom. The minimum absolute atomic E-state index is 0. The van der Waals surface area contributed by atoms with Crippen LogP contribution in [-0.4, -0.2) is 47.3 Å². The van der Waals surface area contributed by atoms with Gasteiger partial charge in [-0.3, -0.25) is 14.5 Å². The minimum Gasteiger partial charge on any atom is -0.357 e. The van der Waals surface area contributed by atoms with E-state index in [2.05, 4.69) is 20.6 Å². The van der Waals surface area contributed by atoms with E-state index in [0.29, 0.717) is 30.2 Å². The molecule has 0 saturated carbocycles. The number of guanidine groups is 1. The van der Waals surface area contributed by atoms with Crippen molar-refractivity contribution < 1.29 is 9.59 Å². The zero-order valence-electron chi connectivity index (χ0n) is 16.1. The molecule has 0 saturated heterocycles. The molecule has 0 bridgehead atoms. The van der Waals surface area contributed by atoms with Crippen LogP contribution in [0.2, 0.25) is 0 Å². The largest absolute Gasteiger partial charge is 0.357 e. The highest BCUT2D eigenvalue weighted by atomic mass is 127. The smallest absolute Gasteiger partial charge is 0.261 e. The van der Waals surface area contributed by atoms with Gasteiger partial charge in [0.25, 0.3) is 11.8 Å². The van der Waals surface area contributed by atoms with Gasteiger partial charge in [0.2, 0.25) is 0 Å². The minimum atomic E-state index is -0.241. The molecule has 0 aliphatic carbocycles. The summed E-state index contributed by atoms with van der Waals surface area (Å²) in [6.07, 6.45) is 0. The summed E-state index contributed by atoms with van der Waals surface area (Å²) in [5, 5.41) is 7.40. The van der Waals surface area contributed by atoms with Crippen LogP contribution in [0.25, 0.3) is 0 Å². The van der Waals surface area contributed by atoms with Crippen molar-refractivity contribution in [3.05, 3.63) is 51.0 Å². The lowest BCUT2D eigenvalue weighted by atomic mass is 10.1. The molecular formula is C19H24IN5O2S. The summed E-state index contributed by atoms with van der Waals surface area (Å²) in [7, 11) is 0. The molecule has 1 aromatic carbocycles. The van der Waals surface area contributed by atoms with Crippen LogP contribution >= 0.6 is 35.3 Å². The summed E-state index contributed by atoms with van der Waals surface area (Å²) in [4.78, 5) is 36.2. The lowest BCUT2D eigenvalue weighted by Crippen LogP contribution is -2.43. The molecule has 2 aromatic rings. The molecule has 150 valence electrons. The number of nitrogens with zero attached hydrogens (tertiary/aromatic N) is 3. The van der Waals surface area contributed by atoms with Gasteiger partial charge in [-0.15, -0.1) is 35.3 Å². The first kappa shape index (κ1) is 22.3. The highest BCUT2D eigenvalue weighted by Gasteiger charge is 2.34. The number of benzene rings is 1. The van der Waals surface area contributed by atoms with E-state index in [1.807, 2.05) is 20.8 Å². The van der Waals surface area contributed by atoms with E-state index in [4.69, 9.17) is 0 Å². The summed E-state index contributed by atoms with van der Waals surface area (Å²) in [5.41, 5.74) is 1.95. The second kappa shape index (κ2) is 9.97. The zero-order chi connectivity index (χ0) is 19.4. The molecule has 9 heteroatoms. The topological polar surface area (TPSA) is 86.7 Å². The van der Waals surface area contributed by atoms with Crippen LogP contribution in [0.1, 0.15) is 43.2 Å². The van der Waals surface area contributed by atoms with Gasteiger partial charge in [-0.25, -0.2) is 9.98 Å². The van der Waals surface area contributed by atoms with Crippen molar-refractivity contribution in [1.29, 1.82) is 0 Å². The van der Waals surface area contributed by atoms with Gasteiger partial charge in [-0.2, -0.15) is 0 Å². The first-order chi connectivity index (χ1) is 13.0. The van der Waals surface area contributed by atoms with Gasteiger partial charge in [0.05, 0.1) is 28.4 Å². The fourth-order valence-corrected chi connectivity index (χ4v) is 3.80. The zero-order valence-corrected chi connectivity index (χ0v) is 19.3. The number of rotatable bonds is 6. The Bertz CT molecular complexity index is 861. The van der Waals surface area contributed by atoms with Crippen molar-refractivity contribution in [1.82, 2.24) is 20.5 Å². The number of aryl methyl sites for hydroxylation is 2. The first-order valence-corrected chi connectivity index (χ1v) is 9.73. The van der Waals surface area contributed by atoms with Crippen LogP contribution in [-0.2, 0) is 6.54 Å². The van der Waals surface area contributed by atoms with Gasteiger partial charge in [-0.05, 0) is 32.9 Å². The number of amides is 2. The summed E-state index contributed by atoms with van der Waals surface area (Å²) >= 11 is 1.64. The molecule has 0 atom stereocenters. The molecule has 0 unspecified atom stereocenters. The third-order valence-electron chi connectivity index (χ3n) is 4.23. The second-order valence-corrected chi connectivity index (χ2v) is 7.46. The van der Waals surface area contributed by atoms with E-state index in [1.54, 1.807) is 35.6 Å². The van der Waals surface area contributed by atoms with Gasteiger partial charge in [0, 0.05) is 24.5 Å². The number of carbonyl (C=O) groups is 2. The van der Waals surface area contributed by atoms with Crippen molar-refractivity contribution in [3.63, 3.8) is 0 Å². The molecule has 3 rings (SSSR count). The molecule has 0 spiro atoms. The van der Waals surface area contributed by atoms with Gasteiger partial charge in [0.1, 0.15) is 0 Å². The molecule has 1 aliphatic rings. The fraction of sp³-hybridized carbons (Fsp3) is 0.368. The highest BCUT2D eigenvalue weighted by Crippen LogP contribution is 2.21. The van der Waals surface area contributed by atoms with Crippen LogP contribution < -0.4 is 10.6 Å². The van der Waals surface area contributed by atoms with Crippen molar-refractivity contribution in [2.24, 2.45) is 4.99 Å². The van der Waals surface area contributed by atoms with Crippen molar-refractivity contribution in [3.8, 4) is 0 Å². The molecule has 1 aliphatic heterocycles. The van der Waals surface area contributed by atoms with Crippen LogP contribution in [0.4, 0.5) is 0 Å². The number of thiazole rings is 1. The Labute approximate surface area is 185 Å². The number of fused-ring (bicyclic) bond motifs is 1. The Kier molecular flexibility index (Phi) is 7.93. The molecule has 0 radical (unpaired) electrons. The third-order valence-corrected chi connectivity index (χ3v) is 5.29. The van der Waals surface area contributed by atoms with Gasteiger partial charge >= 0.3 is 0 Å². The Balaban J connectivity index is 0.00000280. The number of carbonyl (C=O) groups excluding carboxylic acids is 2. The molecule has 28 heavy (non-hydrogen) atoms. The second-order valence-electron chi connectivity index (χ2n) is 6.17. The predicted octanol–water partition coefficient (Wildman–Crippen LogP) is 2.73. The molecule has 2 heterocycles. The molecule has 1 aromatic heterocycles. The molecule has 0 fully saturated rings.